The minimum absolute atomic E-state index is 0.213. The Morgan fingerprint density at radius 1 is 1.39 bits per heavy atom. The van der Waals surface area contributed by atoms with E-state index in [-0.39, 0.29) is 5.91 Å². The summed E-state index contributed by atoms with van der Waals surface area (Å²) in [5.41, 5.74) is 2.23. The number of nitrogens with one attached hydrogen (secondary N) is 1. The summed E-state index contributed by atoms with van der Waals surface area (Å²) in [5, 5.41) is 3.27. The standard InChI is InChI=1S/C14H23N3O/c1-4-17(5-2)14(18)8-10-15-11-13-12(3)7-6-9-16-13/h6-7,9,15H,4-5,8,10-11H2,1-3H3. The van der Waals surface area contributed by atoms with E-state index in [2.05, 4.69) is 10.3 Å². The van der Waals surface area contributed by atoms with Crippen molar-refractivity contribution < 1.29 is 4.79 Å². The first-order valence-corrected chi connectivity index (χ1v) is 6.58. The Balaban J connectivity index is 2.27. The maximum Gasteiger partial charge on any atom is 0.223 e. The van der Waals surface area contributed by atoms with E-state index in [0.717, 1.165) is 25.3 Å². The van der Waals surface area contributed by atoms with Gasteiger partial charge in [-0.1, -0.05) is 6.07 Å². The van der Waals surface area contributed by atoms with E-state index in [4.69, 9.17) is 0 Å². The van der Waals surface area contributed by atoms with Crippen molar-refractivity contribution >= 4 is 5.91 Å². The smallest absolute Gasteiger partial charge is 0.223 e. The second kappa shape index (κ2) is 7.82. The Morgan fingerprint density at radius 2 is 2.11 bits per heavy atom. The van der Waals surface area contributed by atoms with Crippen molar-refractivity contribution in [3.8, 4) is 0 Å². The van der Waals surface area contributed by atoms with Gasteiger partial charge in [0.15, 0.2) is 0 Å². The zero-order valence-electron chi connectivity index (χ0n) is 11.6. The first kappa shape index (κ1) is 14.6. The molecule has 0 aliphatic rings. The highest BCUT2D eigenvalue weighted by molar-refractivity contribution is 5.76. The molecule has 1 aromatic rings. The van der Waals surface area contributed by atoms with E-state index in [1.54, 1.807) is 6.20 Å². The molecule has 4 heteroatoms. The van der Waals surface area contributed by atoms with Crippen molar-refractivity contribution in [2.24, 2.45) is 0 Å². The maximum absolute atomic E-state index is 11.8. The molecule has 0 fully saturated rings. The monoisotopic (exact) mass is 249 g/mol. The molecule has 1 amide bonds. The zero-order chi connectivity index (χ0) is 13.4. The minimum Gasteiger partial charge on any atom is -0.343 e. The number of hydrogen-bond donors (Lipinski definition) is 1. The second-order valence-electron chi connectivity index (χ2n) is 4.26. The van der Waals surface area contributed by atoms with Crippen LogP contribution >= 0.6 is 0 Å². The van der Waals surface area contributed by atoms with E-state index < -0.39 is 0 Å². The minimum atomic E-state index is 0.213. The maximum atomic E-state index is 11.8. The van der Waals surface area contributed by atoms with Crippen molar-refractivity contribution in [1.29, 1.82) is 0 Å². The fourth-order valence-electron chi connectivity index (χ4n) is 1.84. The number of carbonyl (C=O) groups excluding carboxylic acids is 1. The van der Waals surface area contributed by atoms with E-state index >= 15 is 0 Å². The molecule has 0 bridgehead atoms. The molecule has 1 aromatic heterocycles. The third-order valence-corrected chi connectivity index (χ3v) is 3.04. The number of amides is 1. The topological polar surface area (TPSA) is 45.2 Å². The van der Waals surface area contributed by atoms with Crippen LogP contribution in [0.15, 0.2) is 18.3 Å². The summed E-state index contributed by atoms with van der Waals surface area (Å²) in [5.74, 6) is 0.213. The van der Waals surface area contributed by atoms with Crippen molar-refractivity contribution in [2.75, 3.05) is 19.6 Å². The van der Waals surface area contributed by atoms with Crippen LogP contribution in [0, 0.1) is 6.92 Å². The van der Waals surface area contributed by atoms with E-state index in [1.807, 2.05) is 37.8 Å². The summed E-state index contributed by atoms with van der Waals surface area (Å²) >= 11 is 0. The molecule has 1 rings (SSSR count). The fourth-order valence-corrected chi connectivity index (χ4v) is 1.84. The predicted octanol–water partition coefficient (Wildman–Crippen LogP) is 1.74. The normalized spacial score (nSPS) is 10.4. The van der Waals surface area contributed by atoms with Crippen LogP contribution in [0.4, 0.5) is 0 Å². The Hall–Kier alpha value is -1.42. The lowest BCUT2D eigenvalue weighted by Gasteiger charge is -2.18. The molecule has 0 atom stereocenters. The first-order valence-electron chi connectivity index (χ1n) is 6.58. The number of aryl methyl sites for hydroxylation is 1. The van der Waals surface area contributed by atoms with Gasteiger partial charge in [0, 0.05) is 38.8 Å². The van der Waals surface area contributed by atoms with E-state index in [1.165, 1.54) is 5.56 Å². The highest BCUT2D eigenvalue weighted by Crippen LogP contribution is 2.02. The van der Waals surface area contributed by atoms with Gasteiger partial charge in [-0.3, -0.25) is 9.78 Å². The summed E-state index contributed by atoms with van der Waals surface area (Å²) in [6.45, 7) is 9.05. The van der Waals surface area contributed by atoms with Gasteiger partial charge in [-0.25, -0.2) is 0 Å². The van der Waals surface area contributed by atoms with Crippen LogP contribution in [-0.2, 0) is 11.3 Å². The lowest BCUT2D eigenvalue weighted by Crippen LogP contribution is -2.32. The van der Waals surface area contributed by atoms with E-state index in [9.17, 15) is 4.79 Å². The lowest BCUT2D eigenvalue weighted by molar-refractivity contribution is -0.130. The first-order chi connectivity index (χ1) is 8.69. The Morgan fingerprint density at radius 3 is 2.72 bits per heavy atom. The number of rotatable bonds is 7. The molecule has 1 N–H and O–H groups in total. The number of carbonyl (C=O) groups is 1. The van der Waals surface area contributed by atoms with Gasteiger partial charge < -0.3 is 10.2 Å². The molecule has 4 nitrogen and oxygen atoms in total. The van der Waals surface area contributed by atoms with Crippen molar-refractivity contribution in [3.05, 3.63) is 29.6 Å². The van der Waals surface area contributed by atoms with Gasteiger partial charge >= 0.3 is 0 Å². The Bertz CT molecular complexity index is 375. The van der Waals surface area contributed by atoms with Crippen molar-refractivity contribution in [2.45, 2.75) is 33.7 Å². The largest absolute Gasteiger partial charge is 0.343 e. The third-order valence-electron chi connectivity index (χ3n) is 3.04. The summed E-state index contributed by atoms with van der Waals surface area (Å²) in [6, 6.07) is 3.98. The summed E-state index contributed by atoms with van der Waals surface area (Å²) < 4.78 is 0. The van der Waals surface area contributed by atoms with Gasteiger partial charge in [-0.15, -0.1) is 0 Å². The highest BCUT2D eigenvalue weighted by atomic mass is 16.2. The van der Waals surface area contributed by atoms with Crippen LogP contribution in [0.3, 0.4) is 0 Å². The van der Waals surface area contributed by atoms with Crippen LogP contribution in [0.25, 0.3) is 0 Å². The molecule has 0 saturated carbocycles. The van der Waals surface area contributed by atoms with Gasteiger partial charge in [0.2, 0.25) is 5.91 Å². The quantitative estimate of drug-likeness (QED) is 0.749. The number of nitrogens with zero attached hydrogens (tertiary/aromatic N) is 2. The molecular formula is C14H23N3O. The number of aromatic nitrogens is 1. The fraction of sp³-hybridized carbons (Fsp3) is 0.571. The number of hydrogen-bond acceptors (Lipinski definition) is 3. The Labute approximate surface area is 109 Å². The molecule has 0 aliphatic heterocycles. The second-order valence-corrected chi connectivity index (χ2v) is 4.26. The van der Waals surface area contributed by atoms with Crippen LogP contribution in [-0.4, -0.2) is 35.4 Å². The predicted molar refractivity (Wildman–Crippen MR) is 73.2 cm³/mol. The van der Waals surface area contributed by atoms with Crippen molar-refractivity contribution in [1.82, 2.24) is 15.2 Å². The summed E-state index contributed by atoms with van der Waals surface area (Å²) in [6.07, 6.45) is 2.35. The van der Waals surface area contributed by atoms with E-state index in [0.29, 0.717) is 13.0 Å². The molecule has 1 heterocycles. The van der Waals surface area contributed by atoms with Gasteiger partial charge in [0.1, 0.15) is 0 Å². The summed E-state index contributed by atoms with van der Waals surface area (Å²) in [7, 11) is 0. The highest BCUT2D eigenvalue weighted by Gasteiger charge is 2.08. The molecule has 0 aromatic carbocycles. The van der Waals surface area contributed by atoms with Crippen LogP contribution in [0.2, 0.25) is 0 Å². The van der Waals surface area contributed by atoms with Gasteiger partial charge in [0.25, 0.3) is 0 Å². The Kier molecular flexibility index (Phi) is 6.36. The molecule has 100 valence electrons. The molecule has 0 radical (unpaired) electrons. The SMILES string of the molecule is CCN(CC)C(=O)CCNCc1ncccc1C. The molecule has 0 saturated heterocycles. The number of pyridine rings is 1. The molecule has 0 unspecified atom stereocenters. The molecule has 18 heavy (non-hydrogen) atoms. The van der Waals surface area contributed by atoms with Crippen LogP contribution < -0.4 is 5.32 Å². The van der Waals surface area contributed by atoms with Gasteiger partial charge in [-0.2, -0.15) is 0 Å². The molecule has 0 aliphatic carbocycles. The molecular weight excluding hydrogens is 226 g/mol. The third kappa shape index (κ3) is 4.45. The van der Waals surface area contributed by atoms with Crippen LogP contribution in [0.5, 0.6) is 0 Å². The zero-order valence-corrected chi connectivity index (χ0v) is 11.6. The van der Waals surface area contributed by atoms with Gasteiger partial charge in [0.05, 0.1) is 5.69 Å². The lowest BCUT2D eigenvalue weighted by atomic mass is 10.2. The molecule has 0 spiro atoms. The van der Waals surface area contributed by atoms with Crippen LogP contribution in [0.1, 0.15) is 31.5 Å². The van der Waals surface area contributed by atoms with Crippen molar-refractivity contribution in [3.63, 3.8) is 0 Å². The average molecular weight is 249 g/mol. The average Bonchev–Trinajstić information content (AvgIpc) is 2.38. The van der Waals surface area contributed by atoms with Gasteiger partial charge in [-0.05, 0) is 32.4 Å². The summed E-state index contributed by atoms with van der Waals surface area (Å²) in [4.78, 5) is 17.9.